The van der Waals surface area contributed by atoms with Gasteiger partial charge in [-0.2, -0.15) is 0 Å². The fourth-order valence-electron chi connectivity index (χ4n) is 15.6. The molecule has 0 aromatic heterocycles. The van der Waals surface area contributed by atoms with E-state index in [0.717, 1.165) is 11.1 Å². The Morgan fingerprint density at radius 3 is 1.12 bits per heavy atom. The molecule has 0 radical (unpaired) electrons. The zero-order valence-electron chi connectivity index (χ0n) is 63.4. The average molecular weight is 1500 g/mol. The molecule has 10 unspecified atom stereocenters. The van der Waals surface area contributed by atoms with Crippen molar-refractivity contribution >= 4 is 84.4 Å². The van der Waals surface area contributed by atoms with Gasteiger partial charge in [-0.1, -0.05) is 284 Å². The van der Waals surface area contributed by atoms with E-state index in [9.17, 15) is 10.6 Å². The first-order chi connectivity index (χ1) is 48.9. The van der Waals surface area contributed by atoms with Gasteiger partial charge in [0.25, 0.3) is 16.6 Å². The Labute approximate surface area is 629 Å². The fourth-order valence-corrected chi connectivity index (χ4v) is 28.4. The van der Waals surface area contributed by atoms with Crippen LogP contribution < -0.4 is 20.7 Å². The van der Waals surface area contributed by atoms with E-state index < -0.39 is 29.0 Å². The Morgan fingerprint density at radius 2 is 0.735 bits per heavy atom. The molecule has 1 N–H and O–H groups in total. The number of azide groups is 1. The monoisotopic (exact) mass is 1500 g/mol. The summed E-state index contributed by atoms with van der Waals surface area (Å²) in [5.74, 6) is 3.15. The molecule has 6 aliphatic rings. The molecular weight excluding hydrogens is 1390 g/mol. The minimum absolute atomic E-state index is 0.00766. The molecule has 0 spiro atoms. The van der Waals surface area contributed by atoms with Crippen molar-refractivity contribution in [2.45, 2.75) is 190 Å². The number of thioether (sulfide) groups is 4. The maximum Gasteiger partial charge on any atom is 0.261 e. The highest BCUT2D eigenvalue weighted by Gasteiger charge is 2.54. The van der Waals surface area contributed by atoms with Crippen LogP contribution in [-0.2, 0) is 46.7 Å². The first kappa shape index (κ1) is 82.1. The zero-order chi connectivity index (χ0) is 73.5. The summed E-state index contributed by atoms with van der Waals surface area (Å²) in [6.07, 6.45) is 6.60. The molecule has 6 aliphatic heterocycles. The van der Waals surface area contributed by atoms with E-state index in [1.165, 1.54) is 20.7 Å². The van der Waals surface area contributed by atoms with Crippen molar-refractivity contribution in [2.24, 2.45) is 52.5 Å². The third-order valence-electron chi connectivity index (χ3n) is 22.3. The molecule has 14 nitrogen and oxygen atoms in total. The van der Waals surface area contributed by atoms with Crippen LogP contribution in [0.2, 0.25) is 10.1 Å². The number of benzene rings is 6. The molecule has 6 fully saturated rings. The molecule has 0 saturated carbocycles. The topological polar surface area (TPSA) is 161 Å². The smallest absolute Gasteiger partial charge is 0.261 e. The Balaban J connectivity index is 0.000000161. The van der Waals surface area contributed by atoms with Gasteiger partial charge >= 0.3 is 0 Å². The standard InChI is InChI=1S/C26H38O2SSi.C25H35N3O2SSi.C16H22O3S.C15H20O4S/c1-19-20(2)24(28-25(29-7)21(19)3)18-27-30(26(4,5)6,22-14-10-8-11-15-22)23-16-12-9-13-17-23;1-18-19(2)24(31-6)30-22(23(18)27-28-26)17-29-32(25(3,4)5,20-13-9-7-10-14-20)21-15-11-8-12-16-21;1-10-11(2)16(20-3)18-13-9-17-15(19-14(10)13)12-7-5-4-6-8-12;1-9-12(16)13-11(18-15(9)20-2)8-17-14(19-13)10-6-4-3-5-7-10/h8-17,19-21,24-25H,18H2,1-7H3;7-16,18-19,22-24H,17H2,1-6H3;4-8,10-11,13-16H,9H2,1-3H3;3-7,9,11-16H,8H2,1-2H3/t19-,20-,21?,24?,25-;18-,19?,22?,23-,24+;10-,11?,13?,14+,15?,16+;9?,11?,12-,13-,14?,15+/m0111/s1. The second kappa shape index (κ2) is 37.7. The summed E-state index contributed by atoms with van der Waals surface area (Å²) >= 11 is 6.93. The minimum Gasteiger partial charge on any atom is -0.405 e. The van der Waals surface area contributed by atoms with Gasteiger partial charge in [-0.25, -0.2) is 0 Å². The van der Waals surface area contributed by atoms with Gasteiger partial charge in [0.2, 0.25) is 0 Å². The van der Waals surface area contributed by atoms with Crippen molar-refractivity contribution in [1.29, 1.82) is 0 Å². The van der Waals surface area contributed by atoms with Gasteiger partial charge < -0.3 is 51.9 Å². The number of hydrogen-bond acceptors (Lipinski definition) is 16. The molecular formula is C82H115N3O11S4Si2. The molecule has 6 heterocycles. The van der Waals surface area contributed by atoms with Gasteiger partial charge in [0.05, 0.1) is 56.9 Å². The van der Waals surface area contributed by atoms with Gasteiger partial charge in [-0.3, -0.25) is 0 Å². The highest BCUT2D eigenvalue weighted by Crippen LogP contribution is 2.46. The van der Waals surface area contributed by atoms with Crippen molar-refractivity contribution in [1.82, 2.24) is 0 Å². The van der Waals surface area contributed by atoms with E-state index in [4.69, 9.17) is 46.7 Å². The van der Waals surface area contributed by atoms with Gasteiger partial charge in [0.1, 0.15) is 40.1 Å². The highest BCUT2D eigenvalue weighted by atomic mass is 32.2. The number of fused-ring (bicyclic) bond motifs is 2. The van der Waals surface area contributed by atoms with Crippen molar-refractivity contribution in [2.75, 3.05) is 51.5 Å². The number of ether oxygens (including phenoxy) is 8. The van der Waals surface area contributed by atoms with Gasteiger partial charge in [-0.15, -0.1) is 47.0 Å². The molecule has 556 valence electrons. The van der Waals surface area contributed by atoms with E-state index in [-0.39, 0.29) is 92.6 Å². The lowest BCUT2D eigenvalue weighted by molar-refractivity contribution is -0.311. The maximum atomic E-state index is 10.5. The Kier molecular flexibility index (Phi) is 30.3. The summed E-state index contributed by atoms with van der Waals surface area (Å²) in [5.41, 5.74) is 11.8. The minimum atomic E-state index is -2.68. The predicted octanol–water partition coefficient (Wildman–Crippen LogP) is 16.8. The molecule has 12 rings (SSSR count). The maximum absolute atomic E-state index is 10.5. The van der Waals surface area contributed by atoms with Crippen molar-refractivity contribution in [3.8, 4) is 0 Å². The van der Waals surface area contributed by atoms with E-state index in [1.807, 2.05) is 97.7 Å². The molecule has 6 saturated heterocycles. The van der Waals surface area contributed by atoms with Crippen LogP contribution in [0.25, 0.3) is 10.4 Å². The number of aliphatic hydroxyl groups excluding tert-OH is 1. The molecule has 22 atom stereocenters. The Hall–Kier alpha value is -3.98. The van der Waals surface area contributed by atoms with Crippen LogP contribution in [0, 0.1) is 47.3 Å². The van der Waals surface area contributed by atoms with Crippen LogP contribution in [0.1, 0.15) is 121 Å². The SMILES string of the molecule is CS[C@@H]1OC(CO[Si](c2ccccc2)(c2ccccc2)C(C)(C)C)[C@@H](C)[C@H](C)C1C.CS[C@@H]1OC(CO[Si](c2ccccc2)(c2ccccc2)C(C)(C)C)[C@H](N=[N+]=[N-])[C@H](C)C1C.CS[C@@H]1OC2COC(c3ccccc3)O[C@H]2[C@H](C)C1C.CS[C@@H]1OC2COC(c3ccccc3)O[C@H]2[C@H](O)C1C. The van der Waals surface area contributed by atoms with Crippen molar-refractivity contribution < 1.29 is 51.9 Å². The number of aliphatic hydroxyl groups is 1. The van der Waals surface area contributed by atoms with Gasteiger partial charge in [0.15, 0.2) is 12.6 Å². The normalized spacial score (nSPS) is 32.6. The zero-order valence-corrected chi connectivity index (χ0v) is 68.6. The first-order valence-corrected chi connectivity index (χ1v) is 45.4. The van der Waals surface area contributed by atoms with Crippen molar-refractivity contribution in [3.05, 3.63) is 204 Å². The molecule has 20 heteroatoms. The van der Waals surface area contributed by atoms with Gasteiger partial charge in [0, 0.05) is 22.0 Å². The summed E-state index contributed by atoms with van der Waals surface area (Å²) in [5, 5.41) is 19.6. The summed E-state index contributed by atoms with van der Waals surface area (Å²) in [7, 11) is -5.20. The van der Waals surface area contributed by atoms with Gasteiger partial charge in [-0.05, 0) is 103 Å². The lowest BCUT2D eigenvalue weighted by Crippen LogP contribution is -2.67. The lowest BCUT2D eigenvalue weighted by Gasteiger charge is -2.47. The van der Waals surface area contributed by atoms with Crippen LogP contribution in [0.5, 0.6) is 0 Å². The molecule has 0 bridgehead atoms. The third-order valence-corrected chi connectivity index (χ3v) is 36.3. The first-order valence-electron chi connectivity index (χ1n) is 36.5. The predicted molar refractivity (Wildman–Crippen MR) is 428 cm³/mol. The van der Waals surface area contributed by atoms with Crippen LogP contribution in [-0.4, -0.2) is 144 Å². The fraction of sp³-hybridized carbons (Fsp3) is 0.561. The van der Waals surface area contributed by atoms with E-state index in [2.05, 4.69) is 228 Å². The van der Waals surface area contributed by atoms with Crippen molar-refractivity contribution in [3.63, 3.8) is 0 Å². The number of hydrogen-bond donors (Lipinski definition) is 1. The summed E-state index contributed by atoms with van der Waals surface area (Å²) in [4.78, 5) is 3.15. The molecule has 0 aliphatic carbocycles. The Bertz CT molecular complexity index is 3310. The van der Waals surface area contributed by atoms with Crippen LogP contribution in [0.15, 0.2) is 187 Å². The van der Waals surface area contributed by atoms with E-state index >= 15 is 0 Å². The van der Waals surface area contributed by atoms with Crippen LogP contribution in [0.3, 0.4) is 0 Å². The quantitative estimate of drug-likeness (QED) is 0.0397. The van der Waals surface area contributed by atoms with Crippen LogP contribution in [0.4, 0.5) is 0 Å². The molecule has 6 aromatic rings. The number of rotatable bonds is 17. The van der Waals surface area contributed by atoms with E-state index in [0.29, 0.717) is 61.9 Å². The summed E-state index contributed by atoms with van der Waals surface area (Å²) in [6.45, 7) is 33.8. The number of nitrogens with zero attached hydrogens (tertiary/aromatic N) is 3. The van der Waals surface area contributed by atoms with Crippen LogP contribution >= 0.6 is 47.0 Å². The second-order valence-electron chi connectivity index (χ2n) is 30.5. The largest absolute Gasteiger partial charge is 0.405 e. The second-order valence-corrected chi connectivity index (χ2v) is 42.8. The summed E-state index contributed by atoms with van der Waals surface area (Å²) in [6, 6.07) is 62.6. The average Bonchev–Trinajstić information content (AvgIpc) is 0.751. The molecule has 6 aromatic carbocycles. The van der Waals surface area contributed by atoms with E-state index in [1.54, 1.807) is 35.3 Å². The Morgan fingerprint density at radius 1 is 0.412 bits per heavy atom. The highest BCUT2D eigenvalue weighted by molar-refractivity contribution is 7.99. The third kappa shape index (κ3) is 18.8. The summed E-state index contributed by atoms with van der Waals surface area (Å²) < 4.78 is 63.1. The molecule has 102 heavy (non-hydrogen) atoms. The lowest BCUT2D eigenvalue weighted by atomic mass is 9.80. The molecule has 0 amide bonds.